The Morgan fingerprint density at radius 3 is 2.26 bits per heavy atom. The number of benzene rings is 1. The molecule has 0 saturated carbocycles. The molecule has 7 nitrogen and oxygen atoms in total. The molecule has 0 unspecified atom stereocenters. The monoisotopic (exact) mass is 412 g/mol. The lowest BCUT2D eigenvalue weighted by molar-refractivity contribution is -0.119. The van der Waals surface area contributed by atoms with Gasteiger partial charge >= 0.3 is 11.9 Å². The van der Waals surface area contributed by atoms with E-state index in [1.807, 2.05) is 0 Å². The van der Waals surface area contributed by atoms with Crippen molar-refractivity contribution >= 4 is 46.7 Å². The minimum Gasteiger partial charge on any atom is -0.461 e. The molecule has 1 aromatic heterocycles. The molecule has 0 radical (unpaired) electrons. The van der Waals surface area contributed by atoms with Crippen LogP contribution in [-0.2, 0) is 14.3 Å². The van der Waals surface area contributed by atoms with Crippen molar-refractivity contribution in [3.05, 3.63) is 50.8 Å². The maximum Gasteiger partial charge on any atom is 0.355 e. The van der Waals surface area contributed by atoms with E-state index in [9.17, 15) is 14.4 Å². The highest BCUT2D eigenvalue weighted by Gasteiger charge is 2.24. The first-order valence-corrected chi connectivity index (χ1v) is 8.77. The van der Waals surface area contributed by atoms with E-state index in [2.05, 4.69) is 10.3 Å². The standard InChI is InChI=1S/C18H18Cl2N2O5/c1-4-26-18(25)16-9(2)15(10(3)21-16)17(24)27-8-14(23)22-13-6-11(19)5-12(20)7-13/h5-7,21H,4,8H2,1-3H3,(H,22,23). The van der Waals surface area contributed by atoms with Crippen LogP contribution in [0, 0.1) is 13.8 Å². The molecule has 1 heterocycles. The number of hydrogen-bond acceptors (Lipinski definition) is 5. The largest absolute Gasteiger partial charge is 0.461 e. The molecule has 0 saturated heterocycles. The zero-order valence-corrected chi connectivity index (χ0v) is 16.5. The Hall–Kier alpha value is -2.51. The number of nitrogens with one attached hydrogen (secondary N) is 2. The van der Waals surface area contributed by atoms with Gasteiger partial charge in [0.15, 0.2) is 6.61 Å². The average molecular weight is 413 g/mol. The van der Waals surface area contributed by atoms with E-state index >= 15 is 0 Å². The lowest BCUT2D eigenvalue weighted by Gasteiger charge is -2.08. The highest BCUT2D eigenvalue weighted by molar-refractivity contribution is 6.35. The third kappa shape index (κ3) is 5.24. The first-order chi connectivity index (χ1) is 12.7. The van der Waals surface area contributed by atoms with E-state index in [1.165, 1.54) is 18.2 Å². The van der Waals surface area contributed by atoms with E-state index < -0.39 is 24.5 Å². The van der Waals surface area contributed by atoms with E-state index in [1.54, 1.807) is 20.8 Å². The molecule has 0 atom stereocenters. The molecule has 9 heteroatoms. The summed E-state index contributed by atoms with van der Waals surface area (Å²) in [5.74, 6) is -1.85. The molecule has 27 heavy (non-hydrogen) atoms. The number of aromatic nitrogens is 1. The summed E-state index contributed by atoms with van der Waals surface area (Å²) in [6.07, 6.45) is 0. The minimum atomic E-state index is -0.726. The van der Waals surface area contributed by atoms with Gasteiger partial charge in [0.05, 0.1) is 12.2 Å². The number of aromatic amines is 1. The number of esters is 2. The van der Waals surface area contributed by atoms with Gasteiger partial charge in [-0.15, -0.1) is 0 Å². The number of halogens is 2. The lowest BCUT2D eigenvalue weighted by atomic mass is 10.1. The van der Waals surface area contributed by atoms with Crippen molar-refractivity contribution in [2.75, 3.05) is 18.5 Å². The SMILES string of the molecule is CCOC(=O)c1[nH]c(C)c(C(=O)OCC(=O)Nc2cc(Cl)cc(Cl)c2)c1C. The molecular formula is C18H18Cl2N2O5. The summed E-state index contributed by atoms with van der Waals surface area (Å²) in [4.78, 5) is 39.0. The zero-order valence-electron chi connectivity index (χ0n) is 14.9. The van der Waals surface area contributed by atoms with Crippen LogP contribution in [-0.4, -0.2) is 36.0 Å². The molecule has 0 aliphatic heterocycles. The predicted molar refractivity (Wildman–Crippen MR) is 102 cm³/mol. The second-order valence-electron chi connectivity index (χ2n) is 5.63. The van der Waals surface area contributed by atoms with Gasteiger partial charge in [-0.25, -0.2) is 9.59 Å². The van der Waals surface area contributed by atoms with Crippen molar-refractivity contribution in [1.82, 2.24) is 4.98 Å². The molecule has 2 aromatic rings. The Morgan fingerprint density at radius 1 is 1.04 bits per heavy atom. The predicted octanol–water partition coefficient (Wildman–Crippen LogP) is 3.91. The van der Waals surface area contributed by atoms with Crippen molar-refractivity contribution in [1.29, 1.82) is 0 Å². The number of carbonyl (C=O) groups is 3. The van der Waals surface area contributed by atoms with Crippen LogP contribution in [0.3, 0.4) is 0 Å². The first kappa shape index (κ1) is 20.8. The van der Waals surface area contributed by atoms with Crippen LogP contribution in [0.5, 0.6) is 0 Å². The van der Waals surface area contributed by atoms with Crippen LogP contribution in [0.2, 0.25) is 10.0 Å². The number of aryl methyl sites for hydroxylation is 1. The topological polar surface area (TPSA) is 97.5 Å². The summed E-state index contributed by atoms with van der Waals surface area (Å²) in [5.41, 5.74) is 1.60. The van der Waals surface area contributed by atoms with Crippen molar-refractivity contribution < 1.29 is 23.9 Å². The second kappa shape index (κ2) is 8.92. The number of anilines is 1. The van der Waals surface area contributed by atoms with Crippen molar-refractivity contribution in [2.45, 2.75) is 20.8 Å². The second-order valence-corrected chi connectivity index (χ2v) is 6.50. The number of amides is 1. The number of rotatable bonds is 6. The molecule has 144 valence electrons. The quantitative estimate of drug-likeness (QED) is 0.700. The highest BCUT2D eigenvalue weighted by atomic mass is 35.5. The van der Waals surface area contributed by atoms with Crippen molar-refractivity contribution in [2.24, 2.45) is 0 Å². The van der Waals surface area contributed by atoms with E-state index in [0.717, 1.165) is 0 Å². The van der Waals surface area contributed by atoms with E-state index in [4.69, 9.17) is 32.7 Å². The van der Waals surface area contributed by atoms with Gasteiger partial charge in [0.2, 0.25) is 0 Å². The summed E-state index contributed by atoms with van der Waals surface area (Å²) in [5, 5.41) is 3.25. The zero-order chi connectivity index (χ0) is 20.1. The summed E-state index contributed by atoms with van der Waals surface area (Å²) in [6.45, 7) is 4.61. The van der Waals surface area contributed by atoms with Gasteiger partial charge < -0.3 is 19.8 Å². The number of ether oxygens (including phenoxy) is 2. The average Bonchev–Trinajstić information content (AvgIpc) is 2.86. The molecule has 1 amide bonds. The molecule has 0 bridgehead atoms. The number of H-pyrrole nitrogens is 1. The minimum absolute atomic E-state index is 0.180. The Morgan fingerprint density at radius 2 is 1.67 bits per heavy atom. The molecule has 2 rings (SSSR count). The Labute approximate surface area is 165 Å². The fraction of sp³-hybridized carbons (Fsp3) is 0.278. The maximum absolute atomic E-state index is 12.3. The molecular weight excluding hydrogens is 395 g/mol. The van der Waals surface area contributed by atoms with Crippen molar-refractivity contribution in [3.8, 4) is 0 Å². The molecule has 0 spiro atoms. The summed E-state index contributed by atoms with van der Waals surface area (Å²) in [6, 6.07) is 4.55. The Bertz CT molecular complexity index is 872. The van der Waals surface area contributed by atoms with Crippen LogP contribution < -0.4 is 5.32 Å². The fourth-order valence-electron chi connectivity index (χ4n) is 2.49. The molecule has 1 aromatic carbocycles. The van der Waals surface area contributed by atoms with Gasteiger partial charge in [0.1, 0.15) is 5.69 Å². The van der Waals surface area contributed by atoms with Crippen molar-refractivity contribution in [3.63, 3.8) is 0 Å². The van der Waals surface area contributed by atoms with Crippen LogP contribution in [0.25, 0.3) is 0 Å². The van der Waals surface area contributed by atoms with E-state index in [-0.39, 0.29) is 17.9 Å². The molecule has 2 N–H and O–H groups in total. The van der Waals surface area contributed by atoms with Gasteiger partial charge in [0, 0.05) is 21.4 Å². The normalized spacial score (nSPS) is 10.4. The van der Waals surface area contributed by atoms with Crippen LogP contribution >= 0.6 is 23.2 Å². The van der Waals surface area contributed by atoms with Crippen LogP contribution in [0.15, 0.2) is 18.2 Å². The van der Waals surface area contributed by atoms with Gasteiger partial charge in [-0.05, 0) is 44.5 Å². The third-order valence-electron chi connectivity index (χ3n) is 3.60. The van der Waals surface area contributed by atoms with Crippen LogP contribution in [0.4, 0.5) is 5.69 Å². The highest BCUT2D eigenvalue weighted by Crippen LogP contribution is 2.23. The van der Waals surface area contributed by atoms with Gasteiger partial charge in [-0.3, -0.25) is 4.79 Å². The third-order valence-corrected chi connectivity index (χ3v) is 4.04. The molecule has 0 aliphatic rings. The summed E-state index contributed by atoms with van der Waals surface area (Å²) in [7, 11) is 0. The van der Waals surface area contributed by atoms with Gasteiger partial charge in [0.25, 0.3) is 5.91 Å². The maximum atomic E-state index is 12.3. The Balaban J connectivity index is 2.03. The van der Waals surface area contributed by atoms with Gasteiger partial charge in [-0.1, -0.05) is 23.2 Å². The van der Waals surface area contributed by atoms with Gasteiger partial charge in [-0.2, -0.15) is 0 Å². The smallest absolute Gasteiger partial charge is 0.355 e. The molecule has 0 aliphatic carbocycles. The lowest BCUT2D eigenvalue weighted by Crippen LogP contribution is -2.21. The summed E-state index contributed by atoms with van der Waals surface area (Å²) < 4.78 is 9.98. The number of carbonyl (C=O) groups excluding carboxylic acids is 3. The van der Waals surface area contributed by atoms with Crippen LogP contribution in [0.1, 0.15) is 39.0 Å². The molecule has 0 fully saturated rings. The summed E-state index contributed by atoms with van der Waals surface area (Å²) >= 11 is 11.7. The van der Waals surface area contributed by atoms with E-state index in [0.29, 0.717) is 27.0 Å². The first-order valence-electron chi connectivity index (χ1n) is 8.02. The fourth-order valence-corrected chi connectivity index (χ4v) is 3.02. The number of hydrogen-bond donors (Lipinski definition) is 2. The Kier molecular flexibility index (Phi) is 6.87.